The van der Waals surface area contributed by atoms with Gasteiger partial charge in [0.25, 0.3) is 0 Å². The molecule has 0 spiro atoms. The van der Waals surface area contributed by atoms with Crippen molar-refractivity contribution in [1.82, 2.24) is 15.3 Å². The highest BCUT2D eigenvalue weighted by molar-refractivity contribution is 5.68. The maximum absolute atomic E-state index is 11.7. The van der Waals surface area contributed by atoms with Crippen molar-refractivity contribution in [1.29, 1.82) is 0 Å². The molecular weight excluding hydrogens is 256 g/mol. The first-order valence-electron chi connectivity index (χ1n) is 6.86. The molecule has 1 unspecified atom stereocenters. The molecule has 110 valence electrons. The summed E-state index contributed by atoms with van der Waals surface area (Å²) in [5, 5.41) is 2.90. The minimum Gasteiger partial charge on any atom is -0.444 e. The molecule has 0 aliphatic carbocycles. The van der Waals surface area contributed by atoms with E-state index in [1.165, 1.54) is 0 Å². The molecule has 1 amide bonds. The molecule has 2 rings (SSSR count). The summed E-state index contributed by atoms with van der Waals surface area (Å²) in [5.74, 6) is 0.860. The Kier molecular flexibility index (Phi) is 4.11. The van der Waals surface area contributed by atoms with Gasteiger partial charge in [-0.05, 0) is 34.1 Å². The van der Waals surface area contributed by atoms with Crippen LogP contribution >= 0.6 is 0 Å². The van der Waals surface area contributed by atoms with Crippen molar-refractivity contribution in [3.8, 4) is 0 Å². The number of anilines is 1. The van der Waals surface area contributed by atoms with E-state index >= 15 is 0 Å². The smallest absolute Gasteiger partial charge is 0.407 e. The maximum atomic E-state index is 11.7. The minimum atomic E-state index is -0.468. The quantitative estimate of drug-likeness (QED) is 0.894. The van der Waals surface area contributed by atoms with Crippen molar-refractivity contribution < 1.29 is 9.53 Å². The van der Waals surface area contributed by atoms with E-state index in [9.17, 15) is 4.79 Å². The fraction of sp³-hybridized carbons (Fsp3) is 0.643. The molecule has 2 heterocycles. The Morgan fingerprint density at radius 1 is 1.45 bits per heavy atom. The van der Waals surface area contributed by atoms with Gasteiger partial charge in [-0.1, -0.05) is 0 Å². The number of carbonyl (C=O) groups is 1. The molecule has 1 aromatic heterocycles. The predicted octanol–water partition coefficient (Wildman–Crippen LogP) is 1.89. The summed E-state index contributed by atoms with van der Waals surface area (Å²) in [6, 6.07) is 0.0900. The summed E-state index contributed by atoms with van der Waals surface area (Å²) in [6.07, 6.45) is 4.01. The normalized spacial score (nSPS) is 19.0. The van der Waals surface area contributed by atoms with Crippen molar-refractivity contribution in [3.05, 3.63) is 18.1 Å². The minimum absolute atomic E-state index is 0.0900. The summed E-state index contributed by atoms with van der Waals surface area (Å²) >= 11 is 0. The molecule has 20 heavy (non-hydrogen) atoms. The predicted molar refractivity (Wildman–Crippen MR) is 76.8 cm³/mol. The number of nitrogens with one attached hydrogen (secondary N) is 1. The van der Waals surface area contributed by atoms with Crippen LogP contribution in [0.3, 0.4) is 0 Å². The summed E-state index contributed by atoms with van der Waals surface area (Å²) in [5.41, 5.74) is 0.427. The zero-order valence-electron chi connectivity index (χ0n) is 12.5. The number of aryl methyl sites for hydroxylation is 1. The van der Waals surface area contributed by atoms with Crippen molar-refractivity contribution in [3.63, 3.8) is 0 Å². The van der Waals surface area contributed by atoms with Crippen molar-refractivity contribution in [2.45, 2.75) is 45.8 Å². The van der Waals surface area contributed by atoms with E-state index in [1.807, 2.05) is 27.7 Å². The Hall–Kier alpha value is -1.85. The van der Waals surface area contributed by atoms with Gasteiger partial charge in [0.15, 0.2) is 0 Å². The fourth-order valence-electron chi connectivity index (χ4n) is 2.16. The topological polar surface area (TPSA) is 67.4 Å². The Morgan fingerprint density at radius 2 is 2.20 bits per heavy atom. The first-order chi connectivity index (χ1) is 9.33. The lowest BCUT2D eigenvalue weighted by molar-refractivity contribution is 0.0509. The highest BCUT2D eigenvalue weighted by Crippen LogP contribution is 2.18. The first-order valence-corrected chi connectivity index (χ1v) is 6.86. The van der Waals surface area contributed by atoms with E-state index in [4.69, 9.17) is 4.74 Å². The molecule has 1 fully saturated rings. The third-order valence-electron chi connectivity index (χ3n) is 2.98. The zero-order valence-corrected chi connectivity index (χ0v) is 12.5. The van der Waals surface area contributed by atoms with Gasteiger partial charge in [0, 0.05) is 19.3 Å². The molecule has 0 aromatic carbocycles. The van der Waals surface area contributed by atoms with E-state index in [0.717, 1.165) is 31.0 Å². The number of carbonyl (C=O) groups excluding carboxylic acids is 1. The second-order valence-corrected chi connectivity index (χ2v) is 6.10. The lowest BCUT2D eigenvalue weighted by Crippen LogP contribution is -2.40. The summed E-state index contributed by atoms with van der Waals surface area (Å²) in [7, 11) is 0. The van der Waals surface area contributed by atoms with Gasteiger partial charge in [0.2, 0.25) is 0 Å². The van der Waals surface area contributed by atoms with Gasteiger partial charge < -0.3 is 15.0 Å². The third kappa shape index (κ3) is 4.08. The summed E-state index contributed by atoms with van der Waals surface area (Å²) in [4.78, 5) is 22.5. The van der Waals surface area contributed by atoms with E-state index in [1.54, 1.807) is 12.4 Å². The molecule has 6 nitrogen and oxygen atoms in total. The van der Waals surface area contributed by atoms with Crippen LogP contribution in [0.25, 0.3) is 0 Å². The van der Waals surface area contributed by atoms with E-state index in [0.29, 0.717) is 0 Å². The molecule has 1 aliphatic rings. The van der Waals surface area contributed by atoms with Crippen LogP contribution in [0.2, 0.25) is 0 Å². The monoisotopic (exact) mass is 278 g/mol. The molecule has 1 saturated heterocycles. The molecule has 6 heteroatoms. The third-order valence-corrected chi connectivity index (χ3v) is 2.98. The first kappa shape index (κ1) is 14.6. The molecule has 1 atom stereocenters. The largest absolute Gasteiger partial charge is 0.444 e. The van der Waals surface area contributed by atoms with Gasteiger partial charge in [-0.15, -0.1) is 0 Å². The lowest BCUT2D eigenvalue weighted by atomic mass is 10.2. The van der Waals surface area contributed by atoms with E-state index in [-0.39, 0.29) is 12.1 Å². The number of nitrogens with zero attached hydrogens (tertiary/aromatic N) is 3. The molecule has 0 bridgehead atoms. The van der Waals surface area contributed by atoms with Crippen LogP contribution in [-0.2, 0) is 4.74 Å². The number of amides is 1. The molecular formula is C14H22N4O2. The Bertz CT molecular complexity index is 484. The van der Waals surface area contributed by atoms with Crippen molar-refractivity contribution in [2.75, 3.05) is 18.0 Å². The van der Waals surface area contributed by atoms with E-state index in [2.05, 4.69) is 20.2 Å². The fourth-order valence-corrected chi connectivity index (χ4v) is 2.16. The SMILES string of the molecule is Cc1cncc(N2CCC(NC(=O)OC(C)(C)C)C2)n1. The second-order valence-electron chi connectivity index (χ2n) is 6.10. The van der Waals surface area contributed by atoms with Gasteiger partial charge in [0.05, 0.1) is 17.9 Å². The number of rotatable bonds is 2. The van der Waals surface area contributed by atoms with Crippen LogP contribution in [-0.4, -0.2) is 40.8 Å². The lowest BCUT2D eigenvalue weighted by Gasteiger charge is -2.22. The zero-order chi connectivity index (χ0) is 14.8. The summed E-state index contributed by atoms with van der Waals surface area (Å²) < 4.78 is 5.26. The Morgan fingerprint density at radius 3 is 2.85 bits per heavy atom. The number of ether oxygens (including phenoxy) is 1. The highest BCUT2D eigenvalue weighted by Gasteiger charge is 2.26. The van der Waals surface area contributed by atoms with Gasteiger partial charge in [-0.3, -0.25) is 4.98 Å². The molecule has 1 aliphatic heterocycles. The average Bonchev–Trinajstić information content (AvgIpc) is 2.74. The molecule has 0 radical (unpaired) electrons. The van der Waals surface area contributed by atoms with Crippen molar-refractivity contribution >= 4 is 11.9 Å². The van der Waals surface area contributed by atoms with Crippen LogP contribution in [0.4, 0.5) is 10.6 Å². The second kappa shape index (κ2) is 5.64. The van der Waals surface area contributed by atoms with Gasteiger partial charge in [-0.25, -0.2) is 9.78 Å². The highest BCUT2D eigenvalue weighted by atomic mass is 16.6. The van der Waals surface area contributed by atoms with E-state index < -0.39 is 5.60 Å². The standard InChI is InChI=1S/C14H22N4O2/c1-10-7-15-8-12(16-10)18-6-5-11(9-18)17-13(19)20-14(2,3)4/h7-8,11H,5-6,9H2,1-4H3,(H,17,19). The maximum Gasteiger partial charge on any atom is 0.407 e. The van der Waals surface area contributed by atoms with Gasteiger partial charge in [0.1, 0.15) is 11.4 Å². The number of aromatic nitrogens is 2. The average molecular weight is 278 g/mol. The molecule has 1 N–H and O–H groups in total. The molecule has 1 aromatic rings. The number of hydrogen-bond donors (Lipinski definition) is 1. The van der Waals surface area contributed by atoms with Crippen LogP contribution in [0.5, 0.6) is 0 Å². The van der Waals surface area contributed by atoms with Crippen molar-refractivity contribution in [2.24, 2.45) is 0 Å². The Labute approximate surface area is 119 Å². The van der Waals surface area contributed by atoms with Crippen LogP contribution in [0.1, 0.15) is 32.9 Å². The number of hydrogen-bond acceptors (Lipinski definition) is 5. The van der Waals surface area contributed by atoms with Crippen LogP contribution in [0, 0.1) is 6.92 Å². The van der Waals surface area contributed by atoms with Gasteiger partial charge >= 0.3 is 6.09 Å². The summed E-state index contributed by atoms with van der Waals surface area (Å²) in [6.45, 7) is 9.08. The number of alkyl carbamates (subject to hydrolysis) is 1. The molecule has 0 saturated carbocycles. The van der Waals surface area contributed by atoms with Crippen LogP contribution in [0.15, 0.2) is 12.4 Å². The van der Waals surface area contributed by atoms with Gasteiger partial charge in [-0.2, -0.15) is 0 Å². The Balaban J connectivity index is 1.88. The van der Waals surface area contributed by atoms with Crippen LogP contribution < -0.4 is 10.2 Å².